The van der Waals surface area contributed by atoms with E-state index in [4.69, 9.17) is 0 Å². The summed E-state index contributed by atoms with van der Waals surface area (Å²) in [7, 11) is 0. The second-order valence-electron chi connectivity index (χ2n) is 6.26. The molecule has 1 heteroatoms. The molecule has 2 heterocycles. The largest absolute Gasteiger partial charge is 0.315 e. The van der Waals surface area contributed by atoms with Crippen LogP contribution in [-0.2, 0) is 6.42 Å². The van der Waals surface area contributed by atoms with Crippen LogP contribution >= 0.6 is 0 Å². The summed E-state index contributed by atoms with van der Waals surface area (Å²) in [5.41, 5.74) is 11.2. The summed E-state index contributed by atoms with van der Waals surface area (Å²) in [6.45, 7) is 0. The predicted molar refractivity (Wildman–Crippen MR) is 90.5 cm³/mol. The van der Waals surface area contributed by atoms with E-state index in [2.05, 4.69) is 71.4 Å². The average Bonchev–Trinajstić information content (AvgIpc) is 3.11. The lowest BCUT2D eigenvalue weighted by atomic mass is 9.94. The molecule has 1 nitrogen and oxygen atoms in total. The minimum atomic E-state index is 1.06. The quantitative estimate of drug-likeness (QED) is 0.361. The van der Waals surface area contributed by atoms with Crippen molar-refractivity contribution >= 4 is 10.9 Å². The number of hydrogen-bond donors (Lipinski definition) is 0. The molecule has 0 unspecified atom stereocenters. The molecule has 1 aliphatic carbocycles. The van der Waals surface area contributed by atoms with E-state index in [1.165, 1.54) is 50.0 Å². The molecule has 4 aromatic rings. The molecule has 1 aromatic heterocycles. The molecular formula is C21H13N. The van der Waals surface area contributed by atoms with Gasteiger partial charge in [0.05, 0.1) is 11.2 Å². The van der Waals surface area contributed by atoms with Gasteiger partial charge in [0.2, 0.25) is 0 Å². The fraction of sp³-hybridized carbons (Fsp3) is 0.0476. The van der Waals surface area contributed by atoms with Gasteiger partial charge in [-0.25, -0.2) is 0 Å². The van der Waals surface area contributed by atoms with Crippen molar-refractivity contribution in [2.45, 2.75) is 6.42 Å². The molecule has 0 radical (unpaired) electrons. The van der Waals surface area contributed by atoms with Crippen LogP contribution in [-0.4, -0.2) is 4.57 Å². The van der Waals surface area contributed by atoms with E-state index in [9.17, 15) is 0 Å². The molecule has 1 aliphatic heterocycles. The number of benzene rings is 3. The number of aromatic nitrogens is 1. The molecule has 0 spiro atoms. The Labute approximate surface area is 128 Å². The van der Waals surface area contributed by atoms with Gasteiger partial charge in [-0.3, -0.25) is 0 Å². The van der Waals surface area contributed by atoms with Crippen LogP contribution in [0.2, 0.25) is 0 Å². The summed E-state index contributed by atoms with van der Waals surface area (Å²) in [6.07, 6.45) is 3.27. The van der Waals surface area contributed by atoms with Crippen LogP contribution in [0.25, 0.3) is 38.8 Å². The lowest BCUT2D eigenvalue weighted by Crippen LogP contribution is -1.94. The van der Waals surface area contributed by atoms with Crippen LogP contribution in [0.3, 0.4) is 0 Å². The Hall–Kier alpha value is -2.80. The molecule has 0 amide bonds. The van der Waals surface area contributed by atoms with Crippen LogP contribution in [0.4, 0.5) is 0 Å². The van der Waals surface area contributed by atoms with Crippen LogP contribution in [0.1, 0.15) is 11.1 Å². The highest BCUT2D eigenvalue weighted by molar-refractivity contribution is 6.07. The van der Waals surface area contributed by atoms with Crippen molar-refractivity contribution in [3.63, 3.8) is 0 Å². The zero-order chi connectivity index (χ0) is 14.3. The predicted octanol–water partition coefficient (Wildman–Crippen LogP) is 5.18. The molecule has 0 bridgehead atoms. The molecule has 0 saturated heterocycles. The summed E-state index contributed by atoms with van der Waals surface area (Å²) in [4.78, 5) is 0. The molecule has 3 aromatic carbocycles. The number of para-hydroxylation sites is 1. The van der Waals surface area contributed by atoms with E-state index in [1.807, 2.05) is 0 Å². The van der Waals surface area contributed by atoms with Crippen molar-refractivity contribution in [3.05, 3.63) is 78.0 Å². The summed E-state index contributed by atoms with van der Waals surface area (Å²) in [5, 5.41) is 1.33. The number of fused-ring (bicyclic) bond motifs is 3. The second kappa shape index (κ2) is 3.50. The fourth-order valence-corrected chi connectivity index (χ4v) is 4.28. The van der Waals surface area contributed by atoms with Crippen molar-refractivity contribution in [2.75, 3.05) is 0 Å². The second-order valence-corrected chi connectivity index (χ2v) is 6.26. The fourth-order valence-electron chi connectivity index (χ4n) is 4.28. The normalized spacial score (nSPS) is 13.3. The maximum atomic E-state index is 2.37. The maximum Gasteiger partial charge on any atom is 0.0610 e. The third-order valence-corrected chi connectivity index (χ3v) is 5.17. The Bertz CT molecular complexity index is 1100. The van der Waals surface area contributed by atoms with Gasteiger partial charge in [-0.2, -0.15) is 0 Å². The minimum absolute atomic E-state index is 1.06. The minimum Gasteiger partial charge on any atom is -0.315 e. The van der Waals surface area contributed by atoms with Crippen LogP contribution in [0.15, 0.2) is 66.9 Å². The van der Waals surface area contributed by atoms with Gasteiger partial charge in [0.15, 0.2) is 0 Å². The molecule has 102 valence electrons. The van der Waals surface area contributed by atoms with Gasteiger partial charge in [0, 0.05) is 22.7 Å². The molecule has 22 heavy (non-hydrogen) atoms. The van der Waals surface area contributed by atoms with Gasteiger partial charge < -0.3 is 4.57 Å². The lowest BCUT2D eigenvalue weighted by molar-refractivity contribution is 1.13. The average molecular weight is 279 g/mol. The Morgan fingerprint density at radius 3 is 2.55 bits per heavy atom. The molecular weight excluding hydrogens is 266 g/mol. The van der Waals surface area contributed by atoms with E-state index in [0.717, 1.165) is 6.42 Å². The van der Waals surface area contributed by atoms with Crippen molar-refractivity contribution in [2.24, 2.45) is 0 Å². The smallest absolute Gasteiger partial charge is 0.0610 e. The summed E-state index contributed by atoms with van der Waals surface area (Å²) < 4.78 is 2.37. The standard InChI is InChI=1S/C21H13N/c1-2-7-18-16(5-1)17-6-3-4-14-12-15-9-8-13-10-11-22(18)21(13)20(15)19(14)17/h1-11H,12H2. The van der Waals surface area contributed by atoms with Crippen LogP contribution in [0.5, 0.6) is 0 Å². The zero-order valence-electron chi connectivity index (χ0n) is 12.0. The highest BCUT2D eigenvalue weighted by atomic mass is 15.0. The van der Waals surface area contributed by atoms with Crippen LogP contribution in [0, 0.1) is 0 Å². The highest BCUT2D eigenvalue weighted by Crippen LogP contribution is 2.50. The van der Waals surface area contributed by atoms with Gasteiger partial charge in [-0.15, -0.1) is 0 Å². The Balaban J connectivity index is 1.98. The molecule has 0 fully saturated rings. The summed E-state index contributed by atoms with van der Waals surface area (Å²) >= 11 is 0. The van der Waals surface area contributed by atoms with Crippen molar-refractivity contribution < 1.29 is 0 Å². The van der Waals surface area contributed by atoms with E-state index in [0.29, 0.717) is 0 Å². The topological polar surface area (TPSA) is 4.93 Å². The molecule has 0 saturated carbocycles. The Morgan fingerprint density at radius 2 is 1.55 bits per heavy atom. The van der Waals surface area contributed by atoms with Gasteiger partial charge in [-0.05, 0) is 40.8 Å². The van der Waals surface area contributed by atoms with E-state index in [-0.39, 0.29) is 0 Å². The SMILES string of the molecule is c1ccc2c(c1)-c1cccc3c1-c1c(ccc4ccn-2c14)C3. The zero-order valence-corrected chi connectivity index (χ0v) is 12.0. The monoisotopic (exact) mass is 279 g/mol. The Morgan fingerprint density at radius 1 is 0.682 bits per heavy atom. The van der Waals surface area contributed by atoms with Gasteiger partial charge in [0.1, 0.15) is 0 Å². The Kier molecular flexibility index (Phi) is 1.73. The van der Waals surface area contributed by atoms with Crippen molar-refractivity contribution in [1.82, 2.24) is 4.57 Å². The first kappa shape index (κ1) is 10.9. The first-order chi connectivity index (χ1) is 10.9. The lowest BCUT2D eigenvalue weighted by Gasteiger charge is -2.11. The van der Waals surface area contributed by atoms with E-state index < -0.39 is 0 Å². The van der Waals surface area contributed by atoms with Gasteiger partial charge >= 0.3 is 0 Å². The third kappa shape index (κ3) is 1.10. The first-order valence-electron chi connectivity index (χ1n) is 7.77. The molecule has 6 rings (SSSR count). The molecule has 2 aliphatic rings. The number of hydrogen-bond acceptors (Lipinski definition) is 0. The maximum absolute atomic E-state index is 2.37. The van der Waals surface area contributed by atoms with Gasteiger partial charge in [-0.1, -0.05) is 48.5 Å². The highest BCUT2D eigenvalue weighted by Gasteiger charge is 2.29. The van der Waals surface area contributed by atoms with Crippen molar-refractivity contribution in [1.29, 1.82) is 0 Å². The van der Waals surface area contributed by atoms with Crippen LogP contribution < -0.4 is 0 Å². The van der Waals surface area contributed by atoms with Crippen molar-refractivity contribution in [3.8, 4) is 27.9 Å². The van der Waals surface area contributed by atoms with E-state index >= 15 is 0 Å². The number of nitrogens with zero attached hydrogens (tertiary/aromatic N) is 1. The number of rotatable bonds is 0. The van der Waals surface area contributed by atoms with Gasteiger partial charge in [0.25, 0.3) is 0 Å². The molecule has 0 N–H and O–H groups in total. The first-order valence-corrected chi connectivity index (χ1v) is 7.77. The molecule has 0 atom stereocenters. The third-order valence-electron chi connectivity index (χ3n) is 5.17. The summed E-state index contributed by atoms with van der Waals surface area (Å²) in [6, 6.07) is 22.3. The summed E-state index contributed by atoms with van der Waals surface area (Å²) in [5.74, 6) is 0. The van der Waals surface area contributed by atoms with E-state index in [1.54, 1.807) is 0 Å².